The lowest BCUT2D eigenvalue weighted by atomic mass is 9.32. The topological polar surface area (TPSA) is 74.6 Å². The van der Waals surface area contributed by atoms with Gasteiger partial charge in [0.2, 0.25) is 0 Å². The molecule has 6 aliphatic carbocycles. The monoisotopic (exact) mass is 538 g/mol. The molecule has 0 heterocycles. The molecule has 0 radical (unpaired) electrons. The fourth-order valence-corrected chi connectivity index (χ4v) is 12.7. The Morgan fingerprint density at radius 1 is 0.821 bits per heavy atom. The minimum atomic E-state index is -0.712. The third-order valence-electron chi connectivity index (χ3n) is 15.2. The first-order valence-corrected chi connectivity index (χ1v) is 16.2. The number of hydrogen-bond donors (Lipinski definition) is 2. The van der Waals surface area contributed by atoms with Gasteiger partial charge in [0.15, 0.2) is 5.78 Å². The average molecular weight is 539 g/mol. The molecule has 0 saturated heterocycles. The van der Waals surface area contributed by atoms with E-state index >= 15 is 0 Å². The molecule has 0 spiro atoms. The van der Waals surface area contributed by atoms with E-state index in [0.717, 1.165) is 77.0 Å². The Bertz CT molecular complexity index is 1110. The predicted octanol–water partition coefficient (Wildman–Crippen LogP) is 7.97. The molecule has 39 heavy (non-hydrogen) atoms. The normalized spacial score (nSPS) is 52.1. The maximum absolute atomic E-state index is 14.5. The summed E-state index contributed by atoms with van der Waals surface area (Å²) in [7, 11) is 0. The van der Waals surface area contributed by atoms with Crippen molar-refractivity contribution in [3.8, 4) is 0 Å². The fourth-order valence-electron chi connectivity index (χ4n) is 12.7. The van der Waals surface area contributed by atoms with E-state index in [-0.39, 0.29) is 38.9 Å². The number of carbonyl (C=O) groups is 2. The molecule has 0 amide bonds. The van der Waals surface area contributed by atoms with Crippen molar-refractivity contribution in [1.82, 2.24) is 0 Å². The number of fused-ring (bicyclic) bond motifs is 7. The van der Waals surface area contributed by atoms with Crippen LogP contribution in [0.5, 0.6) is 0 Å². The number of carboxylic acids is 1. The van der Waals surface area contributed by atoms with Crippen molar-refractivity contribution in [3.63, 3.8) is 0 Å². The zero-order valence-corrected chi connectivity index (χ0v) is 25.8. The van der Waals surface area contributed by atoms with E-state index in [9.17, 15) is 19.8 Å². The molecule has 4 nitrogen and oxygen atoms in total. The second-order valence-electron chi connectivity index (χ2n) is 17.3. The Morgan fingerprint density at radius 3 is 2.08 bits per heavy atom. The molecule has 218 valence electrons. The number of rotatable bonds is 2. The number of allylic oxidation sites excluding steroid dienone is 2. The molecule has 0 aromatic carbocycles. The summed E-state index contributed by atoms with van der Waals surface area (Å²) in [6, 6.07) is 0. The van der Waals surface area contributed by atoms with Crippen LogP contribution in [-0.4, -0.2) is 27.6 Å². The highest BCUT2D eigenvalue weighted by atomic mass is 16.4. The van der Waals surface area contributed by atoms with Gasteiger partial charge in [0.25, 0.3) is 0 Å². The predicted molar refractivity (Wildman–Crippen MR) is 154 cm³/mol. The third kappa shape index (κ3) is 3.45. The third-order valence-corrected chi connectivity index (χ3v) is 15.2. The average Bonchev–Trinajstić information content (AvgIpc) is 3.27. The molecule has 9 atom stereocenters. The smallest absolute Gasteiger partial charge is 0.309 e. The Hall–Kier alpha value is -1.16. The molecule has 0 aromatic heterocycles. The van der Waals surface area contributed by atoms with Crippen LogP contribution >= 0.6 is 0 Å². The van der Waals surface area contributed by atoms with Gasteiger partial charge in [-0.1, -0.05) is 60.0 Å². The molecule has 4 heteroatoms. The largest absolute Gasteiger partial charge is 0.481 e. The van der Waals surface area contributed by atoms with E-state index in [2.05, 4.69) is 47.6 Å². The fraction of sp³-hybridized carbons (Fsp3) is 0.886. The van der Waals surface area contributed by atoms with Crippen LogP contribution in [0.1, 0.15) is 132 Å². The van der Waals surface area contributed by atoms with Crippen LogP contribution in [0.2, 0.25) is 0 Å². The summed E-state index contributed by atoms with van der Waals surface area (Å²) in [5.74, 6) is 0.531. The standard InChI is InChI=1S/C35H54O4/c1-29(2)25-11-15-34(7)27(32(25,5)14-10-26(29)35(39)12-8-9-13-35)24(36)20-22-23-21-31(4,28(37)38)17-16-30(23,3)18-19-33(22,34)6/h20,23,25-27,39H,8-19,21H2,1-7H3,(H,37,38)/t23-,25?,26-,27?,30+,31-,32-,33+,34+/m0/s1. The minimum absolute atomic E-state index is 0.00357. The van der Waals surface area contributed by atoms with Gasteiger partial charge in [-0.3, -0.25) is 9.59 Å². The van der Waals surface area contributed by atoms with Crippen molar-refractivity contribution in [2.24, 2.45) is 56.2 Å². The van der Waals surface area contributed by atoms with Crippen molar-refractivity contribution in [3.05, 3.63) is 11.6 Å². The molecule has 0 aromatic rings. The van der Waals surface area contributed by atoms with Crippen LogP contribution in [0, 0.1) is 56.2 Å². The summed E-state index contributed by atoms with van der Waals surface area (Å²) in [4.78, 5) is 26.9. The second kappa shape index (κ2) is 8.23. The van der Waals surface area contributed by atoms with E-state index in [1.807, 2.05) is 6.92 Å². The van der Waals surface area contributed by atoms with Crippen molar-refractivity contribution in [2.45, 2.75) is 138 Å². The Kier molecular flexibility index (Phi) is 5.90. The summed E-state index contributed by atoms with van der Waals surface area (Å²) >= 11 is 0. The molecular weight excluding hydrogens is 484 g/mol. The maximum Gasteiger partial charge on any atom is 0.309 e. The highest BCUT2D eigenvalue weighted by Gasteiger charge is 2.71. The lowest BCUT2D eigenvalue weighted by molar-refractivity contribution is -0.211. The van der Waals surface area contributed by atoms with Gasteiger partial charge < -0.3 is 10.2 Å². The minimum Gasteiger partial charge on any atom is -0.481 e. The van der Waals surface area contributed by atoms with E-state index in [0.29, 0.717) is 24.0 Å². The first-order chi connectivity index (χ1) is 18.0. The number of carbonyl (C=O) groups excluding carboxylic acids is 1. The van der Waals surface area contributed by atoms with Crippen LogP contribution in [0.3, 0.4) is 0 Å². The van der Waals surface area contributed by atoms with Gasteiger partial charge in [0, 0.05) is 5.92 Å². The molecule has 6 aliphatic rings. The Labute approximate surface area is 236 Å². The zero-order valence-electron chi connectivity index (χ0n) is 25.8. The lowest BCUT2D eigenvalue weighted by Gasteiger charge is -2.71. The molecule has 2 N–H and O–H groups in total. The highest BCUT2D eigenvalue weighted by Crippen LogP contribution is 2.76. The molecule has 5 fully saturated rings. The van der Waals surface area contributed by atoms with Gasteiger partial charge in [0.05, 0.1) is 11.0 Å². The van der Waals surface area contributed by atoms with Crippen LogP contribution < -0.4 is 0 Å². The van der Waals surface area contributed by atoms with E-state index in [4.69, 9.17) is 0 Å². The van der Waals surface area contributed by atoms with Crippen molar-refractivity contribution in [1.29, 1.82) is 0 Å². The van der Waals surface area contributed by atoms with Crippen molar-refractivity contribution >= 4 is 11.8 Å². The van der Waals surface area contributed by atoms with E-state index < -0.39 is 17.0 Å². The Balaban J connectivity index is 1.41. The SMILES string of the molecule is CC1(C)C2CC[C@]3(C)C(C(=O)C=C4[C@@H]5C[C@@](C)(C(=O)O)CC[C@]5(C)CC[C@]43C)[C@@]2(C)CC[C@@H]1C1(O)CCCC1. The number of aliphatic carboxylic acids is 1. The van der Waals surface area contributed by atoms with Crippen LogP contribution in [0.25, 0.3) is 0 Å². The van der Waals surface area contributed by atoms with Gasteiger partial charge in [0.1, 0.15) is 0 Å². The van der Waals surface area contributed by atoms with Crippen LogP contribution in [0.15, 0.2) is 11.6 Å². The first-order valence-electron chi connectivity index (χ1n) is 16.2. The molecule has 2 unspecified atom stereocenters. The molecular formula is C35H54O4. The summed E-state index contributed by atoms with van der Waals surface area (Å²) in [6.07, 6.45) is 15.0. The molecule has 6 rings (SSSR count). The highest BCUT2D eigenvalue weighted by molar-refractivity contribution is 5.95. The zero-order chi connectivity index (χ0) is 28.4. The molecule has 0 bridgehead atoms. The van der Waals surface area contributed by atoms with Gasteiger partial charge >= 0.3 is 5.97 Å². The lowest BCUT2D eigenvalue weighted by Crippen LogP contribution is -2.67. The number of hydrogen-bond acceptors (Lipinski definition) is 3. The van der Waals surface area contributed by atoms with Gasteiger partial charge in [-0.2, -0.15) is 0 Å². The van der Waals surface area contributed by atoms with Gasteiger partial charge in [-0.25, -0.2) is 0 Å². The van der Waals surface area contributed by atoms with E-state index in [1.165, 1.54) is 5.57 Å². The van der Waals surface area contributed by atoms with Crippen LogP contribution in [-0.2, 0) is 9.59 Å². The number of ketones is 1. The quantitative estimate of drug-likeness (QED) is 0.374. The van der Waals surface area contributed by atoms with E-state index in [1.54, 1.807) is 0 Å². The summed E-state index contributed by atoms with van der Waals surface area (Å²) < 4.78 is 0. The molecule has 5 saturated carbocycles. The maximum atomic E-state index is 14.5. The van der Waals surface area contributed by atoms with Crippen LogP contribution in [0.4, 0.5) is 0 Å². The van der Waals surface area contributed by atoms with Gasteiger partial charge in [-0.15, -0.1) is 0 Å². The molecule has 0 aliphatic heterocycles. The second-order valence-corrected chi connectivity index (χ2v) is 17.3. The van der Waals surface area contributed by atoms with Gasteiger partial charge in [-0.05, 0) is 128 Å². The Morgan fingerprint density at radius 2 is 1.44 bits per heavy atom. The number of carboxylic acid groups (broad SMARTS) is 1. The summed E-state index contributed by atoms with van der Waals surface area (Å²) in [5, 5.41) is 21.9. The summed E-state index contributed by atoms with van der Waals surface area (Å²) in [6.45, 7) is 16.5. The van der Waals surface area contributed by atoms with Crippen molar-refractivity contribution < 1.29 is 19.8 Å². The van der Waals surface area contributed by atoms with Crippen molar-refractivity contribution in [2.75, 3.05) is 0 Å². The first kappa shape index (κ1) is 28.0. The number of aliphatic hydroxyl groups is 1. The summed E-state index contributed by atoms with van der Waals surface area (Å²) in [5.41, 5.74) is -0.146.